The van der Waals surface area contributed by atoms with E-state index in [-0.39, 0.29) is 17.9 Å². The first-order valence-electron chi connectivity index (χ1n) is 9.41. The van der Waals surface area contributed by atoms with Crippen molar-refractivity contribution in [2.75, 3.05) is 6.61 Å². The molecular weight excluding hydrogens is 364 g/mol. The van der Waals surface area contributed by atoms with Crippen LogP contribution >= 0.6 is 0 Å². The zero-order valence-corrected chi connectivity index (χ0v) is 16.3. The van der Waals surface area contributed by atoms with Crippen LogP contribution in [0.3, 0.4) is 0 Å². The minimum Gasteiger partial charge on any atom is -0.478 e. The van der Waals surface area contributed by atoms with Crippen molar-refractivity contribution in [1.29, 1.82) is 0 Å². The van der Waals surface area contributed by atoms with Crippen LogP contribution in [0.4, 0.5) is 0 Å². The summed E-state index contributed by atoms with van der Waals surface area (Å²) in [6.45, 7) is 5.99. The molecule has 28 heavy (non-hydrogen) atoms. The first kappa shape index (κ1) is 20.3. The van der Waals surface area contributed by atoms with Crippen molar-refractivity contribution in [2.45, 2.75) is 51.7 Å². The molecule has 0 radical (unpaired) electrons. The molecule has 0 amide bonds. The van der Waals surface area contributed by atoms with Crippen molar-refractivity contribution in [1.82, 2.24) is 0 Å². The van der Waals surface area contributed by atoms with Gasteiger partial charge in [-0.25, -0.2) is 14.4 Å². The number of carboxylic acid groups (broad SMARTS) is 1. The Kier molecular flexibility index (Phi) is 5.00. The molecule has 7 heteroatoms. The number of carbonyl (C=O) groups excluding carboxylic acids is 2. The molecule has 0 aromatic heterocycles. The molecule has 2 fully saturated rings. The number of hydrogen-bond acceptors (Lipinski definition) is 6. The Morgan fingerprint density at radius 1 is 1.21 bits per heavy atom. The number of rotatable bonds is 4. The molecule has 0 spiro atoms. The Morgan fingerprint density at radius 2 is 1.89 bits per heavy atom. The SMILES string of the molecule is CC1(C)CCC[C@@]2(C)[C@H]1[C@H](OC(=O)C=CC=CC(=O)O)C=C1COC(=O)[C@@]12O. The largest absolute Gasteiger partial charge is 0.478 e. The van der Waals surface area contributed by atoms with Gasteiger partial charge < -0.3 is 19.7 Å². The molecule has 0 bridgehead atoms. The van der Waals surface area contributed by atoms with Crippen LogP contribution in [0, 0.1) is 16.7 Å². The lowest BCUT2D eigenvalue weighted by Crippen LogP contribution is -2.65. The van der Waals surface area contributed by atoms with E-state index in [2.05, 4.69) is 13.8 Å². The van der Waals surface area contributed by atoms with E-state index in [0.29, 0.717) is 12.0 Å². The summed E-state index contributed by atoms with van der Waals surface area (Å²) in [6, 6.07) is 0. The molecule has 4 atom stereocenters. The van der Waals surface area contributed by atoms with E-state index in [0.717, 1.165) is 25.0 Å². The average molecular weight is 390 g/mol. The van der Waals surface area contributed by atoms with E-state index in [4.69, 9.17) is 14.6 Å². The molecule has 1 heterocycles. The third-order valence-electron chi connectivity index (χ3n) is 6.52. The van der Waals surface area contributed by atoms with E-state index in [1.807, 2.05) is 6.92 Å². The highest BCUT2D eigenvalue weighted by atomic mass is 16.6. The highest BCUT2D eigenvalue weighted by Gasteiger charge is 2.69. The second kappa shape index (κ2) is 6.88. The van der Waals surface area contributed by atoms with Crippen molar-refractivity contribution < 1.29 is 34.1 Å². The summed E-state index contributed by atoms with van der Waals surface area (Å²) in [5.74, 6) is -2.64. The normalized spacial score (nSPS) is 36.6. The number of carbonyl (C=O) groups is 3. The maximum Gasteiger partial charge on any atom is 0.343 e. The van der Waals surface area contributed by atoms with Crippen LogP contribution in [-0.4, -0.2) is 46.4 Å². The van der Waals surface area contributed by atoms with Gasteiger partial charge in [0, 0.05) is 29.1 Å². The Bertz CT molecular complexity index is 791. The molecule has 3 aliphatic rings. The minimum absolute atomic E-state index is 0.0106. The number of fused-ring (bicyclic) bond motifs is 3. The van der Waals surface area contributed by atoms with E-state index in [9.17, 15) is 19.5 Å². The minimum atomic E-state index is -1.70. The zero-order valence-electron chi connectivity index (χ0n) is 16.3. The molecule has 0 aromatic carbocycles. The summed E-state index contributed by atoms with van der Waals surface area (Å²) >= 11 is 0. The van der Waals surface area contributed by atoms with E-state index in [1.54, 1.807) is 6.08 Å². The van der Waals surface area contributed by atoms with Gasteiger partial charge in [-0.1, -0.05) is 39.3 Å². The van der Waals surface area contributed by atoms with Crippen LogP contribution in [0.5, 0.6) is 0 Å². The molecular formula is C21H26O7. The second-order valence-corrected chi connectivity index (χ2v) is 8.67. The topological polar surface area (TPSA) is 110 Å². The average Bonchev–Trinajstić information content (AvgIpc) is 2.87. The number of carboxylic acids is 1. The van der Waals surface area contributed by atoms with Crippen LogP contribution in [0.1, 0.15) is 40.0 Å². The fraction of sp³-hybridized carbons (Fsp3) is 0.571. The smallest absolute Gasteiger partial charge is 0.343 e. The number of cyclic esters (lactones) is 1. The molecule has 0 unspecified atom stereocenters. The molecule has 2 aliphatic carbocycles. The van der Waals surface area contributed by atoms with Gasteiger partial charge in [0.05, 0.1) is 0 Å². The monoisotopic (exact) mass is 390 g/mol. The van der Waals surface area contributed by atoms with Crippen LogP contribution in [-0.2, 0) is 23.9 Å². The summed E-state index contributed by atoms with van der Waals surface area (Å²) in [4.78, 5) is 35.3. The maximum atomic E-state index is 12.5. The predicted molar refractivity (Wildman–Crippen MR) is 99.0 cm³/mol. The van der Waals surface area contributed by atoms with Gasteiger partial charge in [0.15, 0.2) is 5.60 Å². The summed E-state index contributed by atoms with van der Waals surface area (Å²) in [5.41, 5.74) is -2.34. The van der Waals surface area contributed by atoms with Crippen LogP contribution in [0.2, 0.25) is 0 Å². The fourth-order valence-electron chi connectivity index (χ4n) is 5.39. The molecule has 3 rings (SSSR count). The van der Waals surface area contributed by atoms with Gasteiger partial charge in [-0.05, 0) is 24.3 Å². The Morgan fingerprint density at radius 3 is 2.57 bits per heavy atom. The van der Waals surface area contributed by atoms with Crippen molar-refractivity contribution in [3.8, 4) is 0 Å². The Balaban J connectivity index is 1.94. The molecule has 7 nitrogen and oxygen atoms in total. The third kappa shape index (κ3) is 3.07. The van der Waals surface area contributed by atoms with E-state index in [1.165, 1.54) is 12.2 Å². The zero-order chi connectivity index (χ0) is 20.7. The lowest BCUT2D eigenvalue weighted by Gasteiger charge is -2.59. The first-order valence-corrected chi connectivity index (χ1v) is 9.41. The molecule has 2 N–H and O–H groups in total. The number of allylic oxidation sites excluding steroid dienone is 2. The van der Waals surface area contributed by atoms with Gasteiger partial charge in [-0.3, -0.25) is 0 Å². The van der Waals surface area contributed by atoms with E-state index < -0.39 is 35.0 Å². The van der Waals surface area contributed by atoms with Gasteiger partial charge >= 0.3 is 17.9 Å². The van der Waals surface area contributed by atoms with Crippen molar-refractivity contribution >= 4 is 17.9 Å². The molecule has 152 valence electrons. The summed E-state index contributed by atoms with van der Waals surface area (Å²) < 4.78 is 10.9. The number of aliphatic carboxylic acids is 1. The predicted octanol–water partition coefficient (Wildman–Crippen LogP) is 2.16. The molecule has 1 saturated heterocycles. The maximum absolute atomic E-state index is 12.5. The molecule has 1 saturated carbocycles. The second-order valence-electron chi connectivity index (χ2n) is 8.67. The van der Waals surface area contributed by atoms with E-state index >= 15 is 0 Å². The summed E-state index contributed by atoms with van der Waals surface area (Å²) in [7, 11) is 0. The lowest BCUT2D eigenvalue weighted by atomic mass is 9.46. The van der Waals surface area contributed by atoms with Crippen molar-refractivity contribution in [3.05, 3.63) is 36.0 Å². The van der Waals surface area contributed by atoms with Gasteiger partial charge in [-0.15, -0.1) is 0 Å². The number of ether oxygens (including phenoxy) is 2. The van der Waals surface area contributed by atoms with Gasteiger partial charge in [0.25, 0.3) is 0 Å². The first-order chi connectivity index (χ1) is 13.0. The van der Waals surface area contributed by atoms with Gasteiger partial charge in [0.2, 0.25) is 0 Å². The van der Waals surface area contributed by atoms with Crippen LogP contribution in [0.15, 0.2) is 36.0 Å². The number of esters is 2. The lowest BCUT2D eigenvalue weighted by molar-refractivity contribution is -0.194. The third-order valence-corrected chi connectivity index (χ3v) is 6.52. The summed E-state index contributed by atoms with van der Waals surface area (Å²) in [6.07, 6.45) is 7.99. The van der Waals surface area contributed by atoms with Crippen LogP contribution in [0.25, 0.3) is 0 Å². The van der Waals surface area contributed by atoms with Crippen molar-refractivity contribution in [3.63, 3.8) is 0 Å². The Labute approximate surface area is 163 Å². The molecule has 0 aromatic rings. The quantitative estimate of drug-likeness (QED) is 0.327. The number of aliphatic hydroxyl groups is 1. The van der Waals surface area contributed by atoms with Gasteiger partial charge in [-0.2, -0.15) is 0 Å². The fourth-order valence-corrected chi connectivity index (χ4v) is 5.39. The van der Waals surface area contributed by atoms with Crippen LogP contribution < -0.4 is 0 Å². The highest BCUT2D eigenvalue weighted by molar-refractivity contribution is 5.89. The standard InChI is InChI=1S/C21H26O7/c1-19(2)9-6-10-20(3)17(19)14(11-13-12-27-18(25)21(13,20)26)28-16(24)8-5-4-7-15(22)23/h4-5,7-8,11,14,17,26H,6,9-10,12H2,1-3H3,(H,22,23)/t14-,17+,20+,21+/m1/s1. The number of hydrogen-bond donors (Lipinski definition) is 2. The van der Waals surface area contributed by atoms with Gasteiger partial charge in [0.1, 0.15) is 12.7 Å². The van der Waals surface area contributed by atoms with Crippen molar-refractivity contribution in [2.24, 2.45) is 16.7 Å². The Hall–Kier alpha value is -2.41. The molecule has 1 aliphatic heterocycles. The summed E-state index contributed by atoms with van der Waals surface area (Å²) in [5, 5.41) is 20.0. The highest BCUT2D eigenvalue weighted by Crippen LogP contribution is 2.63.